The second-order valence-corrected chi connectivity index (χ2v) is 13.7. The highest BCUT2D eigenvalue weighted by atomic mass is 16.5. The molecule has 7 N–H and O–H groups in total. The van der Waals surface area contributed by atoms with Gasteiger partial charge in [-0.25, -0.2) is 0 Å². The van der Waals surface area contributed by atoms with Gasteiger partial charge in [0.15, 0.2) is 5.52 Å². The first kappa shape index (κ1) is 44.0. The van der Waals surface area contributed by atoms with Crippen LogP contribution in [0.5, 0.6) is 23.3 Å². The number of hydrogen-bond donors (Lipinski definition) is 4. The van der Waals surface area contributed by atoms with Gasteiger partial charge in [-0.2, -0.15) is 30.6 Å². The Morgan fingerprint density at radius 2 is 1.12 bits per heavy atom. The molecular formula is C40H61N13O4+2. The number of ether oxygens (including phenoxy) is 4. The number of rotatable bonds is 20. The molecule has 3 aromatic heterocycles. The fourth-order valence-corrected chi connectivity index (χ4v) is 6.31. The standard InChI is InChI=1S/C16H36N.2C12H12N6O2/c1-5-9-13-17(14-10-6-2,15-11-7-3)16-12-8-4;2*1-19-8-5-3-2-4-7(8)6-20-11-9-10(17-18-16-9)14-12(13)15-11/h5-16H2,1-4H3;2*2-5H,6H2,1H3,(H3,13,14,15,16,17,18)/q+1;;/p+1. The van der Waals surface area contributed by atoms with Crippen molar-refractivity contribution in [2.75, 3.05) is 51.9 Å². The minimum absolute atomic E-state index is 0.0847. The van der Waals surface area contributed by atoms with Gasteiger partial charge >= 0.3 is 0 Å². The van der Waals surface area contributed by atoms with Crippen molar-refractivity contribution in [2.24, 2.45) is 10.3 Å². The molecule has 0 bridgehead atoms. The van der Waals surface area contributed by atoms with E-state index in [2.05, 4.69) is 73.4 Å². The summed E-state index contributed by atoms with van der Waals surface area (Å²) in [5, 5.41) is 17.9. The van der Waals surface area contributed by atoms with Gasteiger partial charge in [-0.15, -0.1) is 10.2 Å². The molecule has 0 unspecified atom stereocenters. The fraction of sp³-hybridized carbons (Fsp3) is 0.500. The van der Waals surface area contributed by atoms with Gasteiger partial charge in [0.05, 0.1) is 40.4 Å². The largest absolute Gasteiger partial charge is 0.496 e. The predicted molar refractivity (Wildman–Crippen MR) is 220 cm³/mol. The monoisotopic (exact) mass is 787 g/mol. The number of nitrogen functional groups attached to an aromatic ring is 2. The van der Waals surface area contributed by atoms with Crippen LogP contribution in [0.4, 0.5) is 23.4 Å². The molecule has 6 rings (SSSR count). The first-order valence-electron chi connectivity index (χ1n) is 19.9. The summed E-state index contributed by atoms with van der Waals surface area (Å²) in [5.41, 5.74) is 16.0. The molecule has 1 aliphatic rings. The molecule has 0 saturated carbocycles. The van der Waals surface area contributed by atoms with Crippen LogP contribution < -0.4 is 35.8 Å². The van der Waals surface area contributed by atoms with E-state index in [4.69, 9.17) is 30.4 Å². The highest BCUT2D eigenvalue weighted by Crippen LogP contribution is 2.32. The number of nitrogens with one attached hydrogen (secondary N) is 1. The number of fused-ring (bicyclic) bond motifs is 2. The van der Waals surface area contributed by atoms with E-state index >= 15 is 0 Å². The maximum atomic E-state index is 5.70. The normalized spacial score (nSPS) is 11.6. The summed E-state index contributed by atoms with van der Waals surface area (Å²) < 4.78 is 23.3. The lowest BCUT2D eigenvalue weighted by molar-refractivity contribution is -0.929. The number of H-pyrrole nitrogens is 1. The van der Waals surface area contributed by atoms with Gasteiger partial charge in [-0.05, 0) is 37.8 Å². The van der Waals surface area contributed by atoms with Crippen LogP contribution in [0.15, 0.2) is 58.9 Å². The van der Waals surface area contributed by atoms with Crippen LogP contribution in [0, 0.1) is 0 Å². The van der Waals surface area contributed by atoms with E-state index in [-0.39, 0.29) is 24.4 Å². The summed E-state index contributed by atoms with van der Waals surface area (Å²) in [6.07, 6.45) is 11.1. The molecule has 17 nitrogen and oxygen atoms in total. The molecule has 0 spiro atoms. The van der Waals surface area contributed by atoms with Gasteiger partial charge in [0, 0.05) is 16.4 Å². The maximum absolute atomic E-state index is 5.70. The molecule has 308 valence electrons. The second-order valence-electron chi connectivity index (χ2n) is 13.7. The maximum Gasteiger partial charge on any atom is 0.287 e. The van der Waals surface area contributed by atoms with Crippen molar-refractivity contribution in [3.63, 3.8) is 0 Å². The van der Waals surface area contributed by atoms with Crippen molar-refractivity contribution >= 4 is 34.6 Å². The first-order valence-corrected chi connectivity index (χ1v) is 19.9. The number of para-hydroxylation sites is 2. The lowest BCUT2D eigenvalue weighted by Crippen LogP contribution is -2.69. The van der Waals surface area contributed by atoms with Crippen molar-refractivity contribution in [3.05, 3.63) is 59.7 Å². The first-order chi connectivity index (χ1) is 27.8. The average molecular weight is 788 g/mol. The Bertz CT molecular complexity index is 1940. The van der Waals surface area contributed by atoms with Crippen molar-refractivity contribution in [1.82, 2.24) is 35.3 Å². The Hall–Kier alpha value is -5.68. The number of nitrogens with zero attached hydrogens (tertiary/aromatic N) is 9. The number of aromatic nitrogens is 7. The number of nitrogens with two attached hydrogens (primary N) is 3. The van der Waals surface area contributed by atoms with Crippen LogP contribution in [0.1, 0.15) is 90.2 Å². The number of unbranched alkanes of at least 4 members (excludes halogenated alkanes) is 4. The highest BCUT2D eigenvalue weighted by Gasteiger charge is 2.25. The molecular weight excluding hydrogens is 727 g/mol. The zero-order valence-electron chi connectivity index (χ0n) is 34.4. The van der Waals surface area contributed by atoms with E-state index < -0.39 is 0 Å². The van der Waals surface area contributed by atoms with E-state index in [0.29, 0.717) is 35.2 Å². The zero-order chi connectivity index (χ0) is 40.9. The molecule has 57 heavy (non-hydrogen) atoms. The van der Waals surface area contributed by atoms with Gasteiger partial charge in [0.25, 0.3) is 17.4 Å². The van der Waals surface area contributed by atoms with Crippen molar-refractivity contribution in [3.8, 4) is 23.3 Å². The Kier molecular flexibility index (Phi) is 18.1. The van der Waals surface area contributed by atoms with E-state index in [0.717, 1.165) is 22.6 Å². The predicted octanol–water partition coefficient (Wildman–Crippen LogP) is 6.77. The number of benzene rings is 2. The van der Waals surface area contributed by atoms with Gasteiger partial charge < -0.3 is 34.9 Å². The summed E-state index contributed by atoms with van der Waals surface area (Å²) in [5.74, 6) is 2.76. The van der Waals surface area contributed by atoms with Crippen LogP contribution in [0.3, 0.4) is 0 Å². The van der Waals surface area contributed by atoms with Crippen LogP contribution in [-0.4, -0.2) is 80.2 Å². The van der Waals surface area contributed by atoms with Crippen molar-refractivity contribution in [1.29, 1.82) is 0 Å². The molecule has 0 saturated heterocycles. The summed E-state index contributed by atoms with van der Waals surface area (Å²) in [6.45, 7) is 15.6. The van der Waals surface area contributed by atoms with Crippen LogP contribution in [-0.2, 0) is 13.2 Å². The SMILES string of the molecule is CCCC[N+](CCCC)(CCCC)CCCC.COc1ccccc1COc1nc(N)nc2c1[NH2+]N=N2.COc1ccccc1COc1nc(N)nc2n[nH]nc12. The topological polar surface area (TPSA) is 223 Å². The van der Waals surface area contributed by atoms with Gasteiger partial charge in [0.2, 0.25) is 23.4 Å². The van der Waals surface area contributed by atoms with E-state index in [1.165, 1.54) is 82.0 Å². The van der Waals surface area contributed by atoms with Crippen molar-refractivity contribution < 1.29 is 28.9 Å². The third-order valence-electron chi connectivity index (χ3n) is 9.47. The fourth-order valence-electron chi connectivity index (χ4n) is 6.31. The zero-order valence-corrected chi connectivity index (χ0v) is 34.4. The molecule has 1 aliphatic heterocycles. The van der Waals surface area contributed by atoms with E-state index in [1.54, 1.807) is 19.6 Å². The lowest BCUT2D eigenvalue weighted by Gasteiger charge is -2.39. The van der Waals surface area contributed by atoms with Crippen LogP contribution in [0.2, 0.25) is 0 Å². The summed E-state index contributed by atoms with van der Waals surface area (Å²) in [6, 6.07) is 15.2. The molecule has 5 aromatic rings. The Labute approximate surface area is 335 Å². The Morgan fingerprint density at radius 1 is 0.632 bits per heavy atom. The number of anilines is 2. The van der Waals surface area contributed by atoms with E-state index in [9.17, 15) is 0 Å². The highest BCUT2D eigenvalue weighted by molar-refractivity contribution is 5.75. The number of hydrogen-bond acceptors (Lipinski definition) is 14. The summed E-state index contributed by atoms with van der Waals surface area (Å²) in [4.78, 5) is 16.0. The number of quaternary nitrogens is 2. The Morgan fingerprint density at radius 3 is 1.65 bits per heavy atom. The quantitative estimate of drug-likeness (QED) is 0.0474. The molecule has 0 radical (unpaired) electrons. The molecule has 0 aliphatic carbocycles. The van der Waals surface area contributed by atoms with Gasteiger partial charge in [0.1, 0.15) is 24.7 Å². The minimum Gasteiger partial charge on any atom is -0.496 e. The van der Waals surface area contributed by atoms with Gasteiger partial charge in [-0.3, -0.25) is 0 Å². The third-order valence-corrected chi connectivity index (χ3v) is 9.47. The molecule has 0 amide bonds. The minimum atomic E-state index is 0.0847. The molecule has 2 aromatic carbocycles. The van der Waals surface area contributed by atoms with E-state index in [1.807, 2.05) is 48.5 Å². The lowest BCUT2D eigenvalue weighted by atomic mass is 10.1. The summed E-state index contributed by atoms with van der Waals surface area (Å²) in [7, 11) is 3.22. The molecule has 0 fully saturated rings. The van der Waals surface area contributed by atoms with Gasteiger partial charge in [-0.1, -0.05) is 94.9 Å². The van der Waals surface area contributed by atoms with Crippen LogP contribution >= 0.6 is 0 Å². The number of methoxy groups -OCH3 is 2. The smallest absolute Gasteiger partial charge is 0.287 e. The molecule has 17 heteroatoms. The third kappa shape index (κ3) is 13.2. The second kappa shape index (κ2) is 23.4. The molecule has 0 atom stereocenters. The van der Waals surface area contributed by atoms with Crippen LogP contribution in [0.25, 0.3) is 11.2 Å². The number of aromatic amines is 1. The molecule has 4 heterocycles. The average Bonchev–Trinajstić information content (AvgIpc) is 3.92. The summed E-state index contributed by atoms with van der Waals surface area (Å²) >= 11 is 0. The Balaban J connectivity index is 0.000000191. The van der Waals surface area contributed by atoms with Crippen molar-refractivity contribution in [2.45, 2.75) is 92.3 Å².